The Labute approximate surface area is 88.3 Å². The molecule has 0 aliphatic carbocycles. The Kier molecular flexibility index (Phi) is 3.85. The standard InChI is InChI=1S/C11H13NO3/c1-3-5-9-6-10(12(13)14)8-11(7-9)15-4-2/h3,5-8H,4H2,1-2H3. The third kappa shape index (κ3) is 3.09. The Hall–Kier alpha value is -1.84. The van der Waals surface area contributed by atoms with Gasteiger partial charge in [-0.1, -0.05) is 12.2 Å². The SMILES string of the molecule is CC=Cc1cc(OCC)cc([N+](=O)[O-])c1. The molecule has 4 heteroatoms. The molecule has 0 saturated carbocycles. The van der Waals surface area contributed by atoms with Gasteiger partial charge in [0.2, 0.25) is 0 Å². The van der Waals surface area contributed by atoms with Gasteiger partial charge in [-0.2, -0.15) is 0 Å². The lowest BCUT2D eigenvalue weighted by Gasteiger charge is -2.03. The van der Waals surface area contributed by atoms with E-state index in [0.29, 0.717) is 12.4 Å². The Morgan fingerprint density at radius 2 is 2.20 bits per heavy atom. The monoisotopic (exact) mass is 207 g/mol. The van der Waals surface area contributed by atoms with Gasteiger partial charge < -0.3 is 4.74 Å². The van der Waals surface area contributed by atoms with Crippen LogP contribution in [0.4, 0.5) is 5.69 Å². The molecule has 0 heterocycles. The molecule has 4 nitrogen and oxygen atoms in total. The van der Waals surface area contributed by atoms with Crippen molar-refractivity contribution in [2.45, 2.75) is 13.8 Å². The van der Waals surface area contributed by atoms with Gasteiger partial charge >= 0.3 is 0 Å². The largest absolute Gasteiger partial charge is 0.494 e. The van der Waals surface area contributed by atoms with Gasteiger partial charge in [-0.05, 0) is 25.5 Å². The Morgan fingerprint density at radius 1 is 1.47 bits per heavy atom. The maximum Gasteiger partial charge on any atom is 0.273 e. The number of benzene rings is 1. The normalized spacial score (nSPS) is 10.5. The molecule has 1 rings (SSSR count). The summed E-state index contributed by atoms with van der Waals surface area (Å²) in [6.45, 7) is 4.20. The summed E-state index contributed by atoms with van der Waals surface area (Å²) in [5.74, 6) is 0.528. The van der Waals surface area contributed by atoms with Crippen LogP contribution in [-0.4, -0.2) is 11.5 Å². The van der Waals surface area contributed by atoms with Crippen LogP contribution in [0.2, 0.25) is 0 Å². The maximum atomic E-state index is 10.6. The smallest absolute Gasteiger partial charge is 0.273 e. The molecule has 0 aliphatic heterocycles. The molecule has 80 valence electrons. The van der Waals surface area contributed by atoms with Gasteiger partial charge in [0.05, 0.1) is 17.6 Å². The number of nitrogens with zero attached hydrogens (tertiary/aromatic N) is 1. The summed E-state index contributed by atoms with van der Waals surface area (Å²) in [4.78, 5) is 10.2. The van der Waals surface area contributed by atoms with Gasteiger partial charge in [-0.25, -0.2) is 0 Å². The lowest BCUT2D eigenvalue weighted by Crippen LogP contribution is -1.94. The van der Waals surface area contributed by atoms with E-state index in [4.69, 9.17) is 4.74 Å². The number of allylic oxidation sites excluding steroid dienone is 1. The van der Waals surface area contributed by atoms with E-state index >= 15 is 0 Å². The molecule has 1 aromatic carbocycles. The first kappa shape index (κ1) is 11.2. The van der Waals surface area contributed by atoms with E-state index in [1.807, 2.05) is 19.9 Å². The van der Waals surface area contributed by atoms with Crippen molar-refractivity contribution in [2.75, 3.05) is 6.61 Å². The zero-order valence-electron chi connectivity index (χ0n) is 8.77. The number of ether oxygens (including phenoxy) is 1. The molecule has 0 atom stereocenters. The first-order chi connectivity index (χ1) is 7.17. The van der Waals surface area contributed by atoms with E-state index in [1.54, 1.807) is 12.1 Å². The van der Waals surface area contributed by atoms with E-state index in [0.717, 1.165) is 5.56 Å². The fourth-order valence-corrected chi connectivity index (χ4v) is 1.25. The Morgan fingerprint density at radius 3 is 2.73 bits per heavy atom. The molecule has 0 spiro atoms. The minimum Gasteiger partial charge on any atom is -0.494 e. The van der Waals surface area contributed by atoms with Gasteiger partial charge in [0.15, 0.2) is 0 Å². The zero-order valence-corrected chi connectivity index (χ0v) is 8.77. The first-order valence-electron chi connectivity index (χ1n) is 4.72. The third-order valence-electron chi connectivity index (χ3n) is 1.79. The minimum atomic E-state index is -0.421. The molecule has 0 saturated heterocycles. The van der Waals surface area contributed by atoms with Crippen LogP contribution in [0.5, 0.6) is 5.75 Å². The molecule has 0 unspecified atom stereocenters. The summed E-state index contributed by atoms with van der Waals surface area (Å²) in [5, 5.41) is 10.6. The molecular weight excluding hydrogens is 194 g/mol. The number of hydrogen-bond acceptors (Lipinski definition) is 3. The van der Waals surface area contributed by atoms with Crippen molar-refractivity contribution in [1.82, 2.24) is 0 Å². The van der Waals surface area contributed by atoms with Crippen LogP contribution in [-0.2, 0) is 0 Å². The quantitative estimate of drug-likeness (QED) is 0.563. The van der Waals surface area contributed by atoms with Crippen molar-refractivity contribution in [1.29, 1.82) is 0 Å². The summed E-state index contributed by atoms with van der Waals surface area (Å²) >= 11 is 0. The average molecular weight is 207 g/mol. The number of rotatable bonds is 4. The number of non-ortho nitro benzene ring substituents is 1. The highest BCUT2D eigenvalue weighted by molar-refractivity contribution is 5.56. The highest BCUT2D eigenvalue weighted by Gasteiger charge is 2.08. The van der Waals surface area contributed by atoms with Crippen LogP contribution >= 0.6 is 0 Å². The number of hydrogen-bond donors (Lipinski definition) is 0. The van der Waals surface area contributed by atoms with Crippen LogP contribution in [0.3, 0.4) is 0 Å². The second-order valence-electron chi connectivity index (χ2n) is 2.95. The van der Waals surface area contributed by atoms with Crippen molar-refractivity contribution in [3.8, 4) is 5.75 Å². The van der Waals surface area contributed by atoms with E-state index in [1.165, 1.54) is 12.1 Å². The summed E-state index contributed by atoms with van der Waals surface area (Å²) in [6, 6.07) is 4.72. The van der Waals surface area contributed by atoms with Crippen LogP contribution in [0.25, 0.3) is 6.08 Å². The van der Waals surface area contributed by atoms with E-state index in [9.17, 15) is 10.1 Å². The molecule has 0 aromatic heterocycles. The van der Waals surface area contributed by atoms with Crippen molar-refractivity contribution in [3.05, 3.63) is 40.0 Å². The molecule has 0 bridgehead atoms. The van der Waals surface area contributed by atoms with Gasteiger partial charge in [0.25, 0.3) is 5.69 Å². The predicted octanol–water partition coefficient (Wildman–Crippen LogP) is 3.03. The lowest BCUT2D eigenvalue weighted by molar-refractivity contribution is -0.384. The summed E-state index contributed by atoms with van der Waals surface area (Å²) < 4.78 is 5.25. The zero-order chi connectivity index (χ0) is 11.3. The van der Waals surface area contributed by atoms with E-state index in [-0.39, 0.29) is 5.69 Å². The van der Waals surface area contributed by atoms with Gasteiger partial charge in [0.1, 0.15) is 5.75 Å². The average Bonchev–Trinajstić information content (AvgIpc) is 2.18. The van der Waals surface area contributed by atoms with Crippen LogP contribution in [0.1, 0.15) is 19.4 Å². The van der Waals surface area contributed by atoms with Crippen LogP contribution < -0.4 is 4.74 Å². The van der Waals surface area contributed by atoms with Crippen molar-refractivity contribution >= 4 is 11.8 Å². The van der Waals surface area contributed by atoms with Crippen LogP contribution in [0.15, 0.2) is 24.3 Å². The van der Waals surface area contributed by atoms with Gasteiger partial charge in [-0.15, -0.1) is 0 Å². The first-order valence-corrected chi connectivity index (χ1v) is 4.72. The molecule has 15 heavy (non-hydrogen) atoms. The molecule has 0 radical (unpaired) electrons. The molecule has 0 N–H and O–H groups in total. The Bertz CT molecular complexity index is 385. The topological polar surface area (TPSA) is 52.4 Å². The summed E-state index contributed by atoms with van der Waals surface area (Å²) in [6.07, 6.45) is 3.63. The van der Waals surface area contributed by atoms with Crippen molar-refractivity contribution in [3.63, 3.8) is 0 Å². The molecule has 1 aromatic rings. The minimum absolute atomic E-state index is 0.0500. The van der Waals surface area contributed by atoms with Gasteiger partial charge in [-0.3, -0.25) is 10.1 Å². The second kappa shape index (κ2) is 5.14. The predicted molar refractivity (Wildman–Crippen MR) is 59.0 cm³/mol. The van der Waals surface area contributed by atoms with Crippen molar-refractivity contribution in [2.24, 2.45) is 0 Å². The fourth-order valence-electron chi connectivity index (χ4n) is 1.25. The van der Waals surface area contributed by atoms with Crippen molar-refractivity contribution < 1.29 is 9.66 Å². The highest BCUT2D eigenvalue weighted by atomic mass is 16.6. The van der Waals surface area contributed by atoms with E-state index in [2.05, 4.69) is 0 Å². The molecule has 0 amide bonds. The maximum absolute atomic E-state index is 10.6. The highest BCUT2D eigenvalue weighted by Crippen LogP contribution is 2.23. The molecule has 0 fully saturated rings. The lowest BCUT2D eigenvalue weighted by atomic mass is 10.2. The summed E-state index contributed by atoms with van der Waals surface area (Å²) in [5.41, 5.74) is 0.823. The number of nitro groups is 1. The van der Waals surface area contributed by atoms with E-state index < -0.39 is 4.92 Å². The van der Waals surface area contributed by atoms with Crippen LogP contribution in [0, 0.1) is 10.1 Å². The number of nitro benzene ring substituents is 1. The fraction of sp³-hybridized carbons (Fsp3) is 0.273. The van der Waals surface area contributed by atoms with Gasteiger partial charge in [0, 0.05) is 6.07 Å². The molecule has 0 aliphatic rings. The second-order valence-corrected chi connectivity index (χ2v) is 2.95. The third-order valence-corrected chi connectivity index (χ3v) is 1.79. The summed E-state index contributed by atoms with van der Waals surface area (Å²) in [7, 11) is 0. The Balaban J connectivity index is 3.13. The molecular formula is C11H13NO3.